The number of hydrogen-bond donors (Lipinski definition) is 4. The van der Waals surface area contributed by atoms with Crippen LogP contribution in [0.2, 0.25) is 10.0 Å². The zero-order chi connectivity index (χ0) is 28.9. The van der Waals surface area contributed by atoms with Gasteiger partial charge in [0.15, 0.2) is 0 Å². The number of fused-ring (bicyclic) bond motifs is 3. The van der Waals surface area contributed by atoms with Gasteiger partial charge in [-0.1, -0.05) is 72.8 Å². The van der Waals surface area contributed by atoms with Crippen LogP contribution in [0.3, 0.4) is 0 Å². The molecular weight excluding hydrogens is 568 g/mol. The molecule has 2 heterocycles. The molecule has 6 rings (SSSR count). The molecule has 2 spiro atoms. The van der Waals surface area contributed by atoms with E-state index in [-0.39, 0.29) is 28.6 Å². The molecule has 1 saturated carbocycles. The summed E-state index contributed by atoms with van der Waals surface area (Å²) in [5, 5.41) is 19.1. The Hall–Kier alpha value is -3.46. The van der Waals surface area contributed by atoms with Crippen molar-refractivity contribution in [3.8, 4) is 0 Å². The summed E-state index contributed by atoms with van der Waals surface area (Å²) < 4.78 is 15.9. The van der Waals surface area contributed by atoms with Crippen molar-refractivity contribution in [3.63, 3.8) is 0 Å². The number of carboxylic acids is 1. The van der Waals surface area contributed by atoms with Gasteiger partial charge >= 0.3 is 5.97 Å². The fourth-order valence-electron chi connectivity index (χ4n) is 7.28. The van der Waals surface area contributed by atoms with Crippen LogP contribution in [0.15, 0.2) is 60.7 Å². The molecule has 2 amide bonds. The summed E-state index contributed by atoms with van der Waals surface area (Å²) in [7, 11) is 0. The molecule has 1 aliphatic carbocycles. The number of carbonyl (C=O) groups excluding carboxylic acids is 2. The van der Waals surface area contributed by atoms with E-state index in [1.54, 1.807) is 36.4 Å². The first-order chi connectivity index (χ1) is 19.7. The van der Waals surface area contributed by atoms with Crippen molar-refractivity contribution in [2.75, 3.05) is 5.32 Å². The molecule has 0 radical (unpaired) electrons. The summed E-state index contributed by atoms with van der Waals surface area (Å²) in [6.07, 6.45) is 3.94. The van der Waals surface area contributed by atoms with Gasteiger partial charge in [0.05, 0.1) is 16.6 Å². The Kier molecular flexibility index (Phi) is 7.04. The third kappa shape index (κ3) is 4.31. The van der Waals surface area contributed by atoms with Gasteiger partial charge in [0.1, 0.15) is 11.2 Å². The van der Waals surface area contributed by atoms with E-state index in [1.807, 2.05) is 6.07 Å². The van der Waals surface area contributed by atoms with Gasteiger partial charge in [-0.15, -0.1) is 0 Å². The number of carboxylic acid groups (broad SMARTS) is 1. The van der Waals surface area contributed by atoms with Gasteiger partial charge in [0, 0.05) is 28.7 Å². The van der Waals surface area contributed by atoms with Crippen LogP contribution in [-0.2, 0) is 21.5 Å². The Labute approximate surface area is 246 Å². The molecule has 3 aromatic carbocycles. The number of amides is 2. The normalized spacial score (nSPS) is 24.3. The van der Waals surface area contributed by atoms with E-state index in [1.165, 1.54) is 18.2 Å². The van der Waals surface area contributed by atoms with Gasteiger partial charge < -0.3 is 15.7 Å². The van der Waals surface area contributed by atoms with Crippen LogP contribution in [-0.4, -0.2) is 34.5 Å². The first kappa shape index (κ1) is 27.7. The quantitative estimate of drug-likeness (QED) is 0.298. The lowest BCUT2D eigenvalue weighted by atomic mass is 9.55. The number of nitrogens with one attached hydrogen (secondary N) is 3. The zero-order valence-electron chi connectivity index (χ0n) is 22.0. The highest BCUT2D eigenvalue weighted by molar-refractivity contribution is 6.31. The molecule has 3 aliphatic rings. The number of aromatic carboxylic acids is 1. The molecule has 10 heteroatoms. The zero-order valence-corrected chi connectivity index (χ0v) is 23.5. The molecule has 212 valence electrons. The smallest absolute Gasteiger partial charge is 0.335 e. The van der Waals surface area contributed by atoms with Crippen LogP contribution in [0.1, 0.15) is 65.1 Å². The predicted octanol–water partition coefficient (Wildman–Crippen LogP) is 5.80. The maximum Gasteiger partial charge on any atom is 0.335 e. The molecular formula is C31H28Cl2FN3O4. The van der Waals surface area contributed by atoms with Gasteiger partial charge in [0.25, 0.3) is 0 Å². The molecule has 41 heavy (non-hydrogen) atoms. The summed E-state index contributed by atoms with van der Waals surface area (Å²) in [5.74, 6) is -3.31. The Morgan fingerprint density at radius 2 is 1.76 bits per heavy atom. The van der Waals surface area contributed by atoms with E-state index in [2.05, 4.69) is 16.0 Å². The fraction of sp³-hybridized carbons (Fsp3) is 0.323. The molecule has 2 aliphatic heterocycles. The highest BCUT2D eigenvalue weighted by Gasteiger charge is 2.72. The number of anilines is 1. The number of hydrogen-bond acceptors (Lipinski definition) is 4. The Morgan fingerprint density at radius 1 is 1.02 bits per heavy atom. The van der Waals surface area contributed by atoms with E-state index in [0.29, 0.717) is 34.7 Å². The lowest BCUT2D eigenvalue weighted by Crippen LogP contribution is -2.60. The van der Waals surface area contributed by atoms with Crippen LogP contribution in [0.4, 0.5) is 10.1 Å². The van der Waals surface area contributed by atoms with E-state index in [0.717, 1.165) is 19.3 Å². The minimum absolute atomic E-state index is 0.0883. The molecule has 0 aromatic heterocycles. The summed E-state index contributed by atoms with van der Waals surface area (Å²) in [6.45, 7) is 0.125. The number of carbonyl (C=O) groups is 3. The summed E-state index contributed by atoms with van der Waals surface area (Å²) in [4.78, 5) is 39.6. The minimum atomic E-state index is -1.30. The molecule has 3 aromatic rings. The molecule has 2 fully saturated rings. The average Bonchev–Trinajstić information content (AvgIpc) is 3.41. The van der Waals surface area contributed by atoms with Crippen molar-refractivity contribution in [2.45, 2.75) is 61.6 Å². The van der Waals surface area contributed by atoms with Gasteiger partial charge in [-0.3, -0.25) is 14.9 Å². The van der Waals surface area contributed by atoms with Crippen molar-refractivity contribution in [1.82, 2.24) is 10.6 Å². The highest BCUT2D eigenvalue weighted by Crippen LogP contribution is 2.62. The summed E-state index contributed by atoms with van der Waals surface area (Å²) >= 11 is 12.6. The second-order valence-electron chi connectivity index (χ2n) is 11.1. The monoisotopic (exact) mass is 595 g/mol. The van der Waals surface area contributed by atoms with E-state index in [4.69, 9.17) is 23.2 Å². The number of benzene rings is 3. The van der Waals surface area contributed by atoms with Crippen LogP contribution in [0.25, 0.3) is 0 Å². The van der Waals surface area contributed by atoms with Crippen LogP contribution in [0, 0.1) is 5.82 Å². The fourth-order valence-corrected chi connectivity index (χ4v) is 7.64. The number of halogens is 3. The van der Waals surface area contributed by atoms with Crippen molar-refractivity contribution >= 4 is 46.7 Å². The first-order valence-corrected chi connectivity index (χ1v) is 14.4. The van der Waals surface area contributed by atoms with Crippen molar-refractivity contribution in [1.29, 1.82) is 0 Å². The summed E-state index contributed by atoms with van der Waals surface area (Å²) in [6, 6.07) is 15.2. The summed E-state index contributed by atoms with van der Waals surface area (Å²) in [5.41, 5.74) is 0.153. The lowest BCUT2D eigenvalue weighted by molar-refractivity contribution is -0.124. The van der Waals surface area contributed by atoms with Crippen LogP contribution < -0.4 is 16.0 Å². The molecule has 3 atom stereocenters. The van der Waals surface area contributed by atoms with Gasteiger partial charge in [-0.25, -0.2) is 9.18 Å². The predicted molar refractivity (Wildman–Crippen MR) is 154 cm³/mol. The van der Waals surface area contributed by atoms with E-state index < -0.39 is 40.6 Å². The van der Waals surface area contributed by atoms with Gasteiger partial charge in [-0.05, 0) is 59.9 Å². The third-order valence-electron chi connectivity index (χ3n) is 8.97. The Balaban J connectivity index is 1.48. The lowest BCUT2D eigenvalue weighted by Gasteiger charge is -2.47. The SMILES string of the molecule is O=C(O)c1ccc(CNC(=O)[C@@H]2NC3(CCCCC3)C3(C(=O)Nc4cc(Cl)ccc43)[C@H]2c2cccc(Cl)c2F)cc1. The van der Waals surface area contributed by atoms with Crippen molar-refractivity contribution in [3.05, 3.63) is 98.8 Å². The maximum absolute atomic E-state index is 15.9. The van der Waals surface area contributed by atoms with Gasteiger partial charge in [0.2, 0.25) is 11.8 Å². The highest BCUT2D eigenvalue weighted by atomic mass is 35.5. The number of rotatable bonds is 5. The maximum atomic E-state index is 15.9. The third-order valence-corrected chi connectivity index (χ3v) is 9.50. The average molecular weight is 596 g/mol. The second kappa shape index (κ2) is 10.4. The molecule has 1 unspecified atom stereocenters. The van der Waals surface area contributed by atoms with Crippen molar-refractivity contribution < 1.29 is 23.9 Å². The minimum Gasteiger partial charge on any atom is -0.478 e. The van der Waals surface area contributed by atoms with E-state index >= 15 is 4.39 Å². The largest absolute Gasteiger partial charge is 0.478 e. The molecule has 0 bridgehead atoms. The molecule has 1 saturated heterocycles. The Morgan fingerprint density at radius 3 is 2.46 bits per heavy atom. The Bertz CT molecular complexity index is 1560. The van der Waals surface area contributed by atoms with Crippen molar-refractivity contribution in [2.24, 2.45) is 0 Å². The topological polar surface area (TPSA) is 108 Å². The van der Waals surface area contributed by atoms with Crippen LogP contribution >= 0.6 is 23.2 Å². The molecule has 7 nitrogen and oxygen atoms in total. The first-order valence-electron chi connectivity index (χ1n) is 13.6. The van der Waals surface area contributed by atoms with Crippen LogP contribution in [0.5, 0.6) is 0 Å². The second-order valence-corrected chi connectivity index (χ2v) is 11.9. The van der Waals surface area contributed by atoms with E-state index in [9.17, 15) is 19.5 Å². The van der Waals surface area contributed by atoms with Gasteiger partial charge in [-0.2, -0.15) is 0 Å². The molecule has 4 N–H and O–H groups in total. The standard InChI is InChI=1S/C31H28Cl2FN3O4/c32-19-11-12-21-23(15-19)36-29(41)31(21)24(20-5-4-6-22(33)25(20)34)26(37-30(31)13-2-1-3-14-30)27(38)35-16-17-7-9-18(10-8-17)28(39)40/h4-12,15,24,26,37H,1-3,13-14,16H2,(H,35,38)(H,36,41)(H,39,40)/t24-,26+,31?/m0/s1.